The number of nitrogens with zero attached hydrogens (tertiary/aromatic N) is 2. The highest BCUT2D eigenvalue weighted by Gasteiger charge is 2.36. The van der Waals surface area contributed by atoms with Gasteiger partial charge in [-0.3, -0.25) is 13.9 Å². The molecule has 0 aliphatic heterocycles. The summed E-state index contributed by atoms with van der Waals surface area (Å²) in [6.07, 6.45) is -4.87. The van der Waals surface area contributed by atoms with Gasteiger partial charge in [-0.1, -0.05) is 59.1 Å². The van der Waals surface area contributed by atoms with Gasteiger partial charge in [-0.15, -0.1) is 0 Å². The maximum absolute atomic E-state index is 13.8. The van der Waals surface area contributed by atoms with Gasteiger partial charge < -0.3 is 10.2 Å². The standard InChI is InChI=1S/C28H29ClF3N3O4S/c1-18-5-9-21(10-6-18)16-34(20(3)27(37)33-4)26(36)17-35(40(38,39)23-12-7-19(2)8-13-23)22-11-14-25(29)24(15-22)28(30,31)32/h5-15,20H,16-17H2,1-4H3,(H,33,37). The molecule has 7 nitrogen and oxygen atoms in total. The monoisotopic (exact) mass is 595 g/mol. The molecule has 40 heavy (non-hydrogen) atoms. The van der Waals surface area contributed by atoms with E-state index in [2.05, 4.69) is 5.32 Å². The molecular formula is C28H29ClF3N3O4S. The van der Waals surface area contributed by atoms with E-state index in [4.69, 9.17) is 11.6 Å². The molecule has 0 aliphatic rings. The highest BCUT2D eigenvalue weighted by Crippen LogP contribution is 2.38. The van der Waals surface area contributed by atoms with Gasteiger partial charge in [-0.05, 0) is 56.7 Å². The van der Waals surface area contributed by atoms with E-state index in [1.54, 1.807) is 19.1 Å². The van der Waals surface area contributed by atoms with E-state index in [0.29, 0.717) is 15.9 Å². The Kier molecular flexibility index (Phi) is 9.52. The molecule has 0 spiro atoms. The number of halogens is 4. The van der Waals surface area contributed by atoms with E-state index in [-0.39, 0.29) is 11.4 Å². The Hall–Kier alpha value is -3.57. The van der Waals surface area contributed by atoms with Crippen LogP contribution in [0.1, 0.15) is 29.2 Å². The molecule has 0 aliphatic carbocycles. The first-order valence-corrected chi connectivity index (χ1v) is 14.0. The van der Waals surface area contributed by atoms with Gasteiger partial charge in [-0.25, -0.2) is 8.42 Å². The zero-order valence-corrected chi connectivity index (χ0v) is 23.9. The lowest BCUT2D eigenvalue weighted by Gasteiger charge is -2.32. The van der Waals surface area contributed by atoms with Crippen molar-refractivity contribution in [2.75, 3.05) is 17.9 Å². The fourth-order valence-electron chi connectivity index (χ4n) is 3.93. The number of sulfonamides is 1. The summed E-state index contributed by atoms with van der Waals surface area (Å²) in [5.74, 6) is -1.30. The normalized spacial score (nSPS) is 12.5. The van der Waals surface area contributed by atoms with E-state index in [1.165, 1.54) is 43.1 Å². The first kappa shape index (κ1) is 31.0. The van der Waals surface area contributed by atoms with Crippen LogP contribution in [0, 0.1) is 13.8 Å². The fraction of sp³-hybridized carbons (Fsp3) is 0.286. The quantitative estimate of drug-likeness (QED) is 0.362. The fourth-order valence-corrected chi connectivity index (χ4v) is 5.56. The molecule has 0 saturated heterocycles. The Balaban J connectivity index is 2.12. The average molecular weight is 596 g/mol. The van der Waals surface area contributed by atoms with E-state index >= 15 is 0 Å². The number of aryl methyl sites for hydroxylation is 2. The number of amides is 2. The lowest BCUT2D eigenvalue weighted by molar-refractivity contribution is -0.139. The molecule has 1 atom stereocenters. The average Bonchev–Trinajstić information content (AvgIpc) is 2.90. The predicted octanol–water partition coefficient (Wildman–Crippen LogP) is 5.33. The van der Waals surface area contributed by atoms with Crippen molar-refractivity contribution >= 4 is 39.1 Å². The minimum Gasteiger partial charge on any atom is -0.357 e. The Morgan fingerprint density at radius 3 is 2.02 bits per heavy atom. The van der Waals surface area contributed by atoms with Crippen molar-refractivity contribution < 1.29 is 31.2 Å². The van der Waals surface area contributed by atoms with Gasteiger partial charge in [0.1, 0.15) is 12.6 Å². The van der Waals surface area contributed by atoms with Gasteiger partial charge in [0.05, 0.1) is 21.2 Å². The summed E-state index contributed by atoms with van der Waals surface area (Å²) in [7, 11) is -3.13. The Labute approximate surface area is 236 Å². The number of hydrogen-bond acceptors (Lipinski definition) is 4. The molecule has 3 aromatic carbocycles. The summed E-state index contributed by atoms with van der Waals surface area (Å²) in [5, 5.41) is 1.85. The van der Waals surface area contributed by atoms with Crippen LogP contribution in [-0.4, -0.2) is 44.8 Å². The van der Waals surface area contributed by atoms with Crippen molar-refractivity contribution in [3.63, 3.8) is 0 Å². The van der Waals surface area contributed by atoms with Crippen molar-refractivity contribution in [2.45, 2.75) is 44.4 Å². The number of hydrogen-bond donors (Lipinski definition) is 1. The summed E-state index contributed by atoms with van der Waals surface area (Å²) >= 11 is 5.78. The van der Waals surface area contributed by atoms with Crippen LogP contribution in [0.4, 0.5) is 18.9 Å². The van der Waals surface area contributed by atoms with Gasteiger partial charge in [0.2, 0.25) is 11.8 Å². The number of carbonyl (C=O) groups is 2. The van der Waals surface area contributed by atoms with Crippen molar-refractivity contribution in [1.82, 2.24) is 10.2 Å². The van der Waals surface area contributed by atoms with Gasteiger partial charge in [0, 0.05) is 13.6 Å². The molecule has 1 unspecified atom stereocenters. The number of carbonyl (C=O) groups excluding carboxylic acids is 2. The van der Waals surface area contributed by atoms with E-state index in [1.807, 2.05) is 19.1 Å². The minimum absolute atomic E-state index is 0.0411. The summed E-state index contributed by atoms with van der Waals surface area (Å²) < 4.78 is 69.2. The number of likely N-dealkylation sites (N-methyl/N-ethyl adjacent to an activating group) is 1. The van der Waals surface area contributed by atoms with Gasteiger partial charge in [0.25, 0.3) is 10.0 Å². The molecule has 0 heterocycles. The summed E-state index contributed by atoms with van der Waals surface area (Å²) in [6, 6.07) is 14.5. The van der Waals surface area contributed by atoms with Crippen LogP contribution in [0.3, 0.4) is 0 Å². The van der Waals surface area contributed by atoms with Crippen LogP contribution < -0.4 is 9.62 Å². The predicted molar refractivity (Wildman–Crippen MR) is 147 cm³/mol. The molecule has 0 fully saturated rings. The van der Waals surface area contributed by atoms with Crippen molar-refractivity contribution in [2.24, 2.45) is 0 Å². The first-order chi connectivity index (χ1) is 18.6. The molecule has 3 rings (SSSR count). The Morgan fingerprint density at radius 1 is 0.950 bits per heavy atom. The van der Waals surface area contributed by atoms with Crippen molar-refractivity contribution in [1.29, 1.82) is 0 Å². The van der Waals surface area contributed by atoms with E-state index < -0.39 is 56.9 Å². The Bertz CT molecular complexity index is 1480. The minimum atomic E-state index is -4.87. The third-order valence-corrected chi connectivity index (χ3v) is 8.44. The summed E-state index contributed by atoms with van der Waals surface area (Å²) in [4.78, 5) is 27.2. The van der Waals surface area contributed by atoms with Crippen LogP contribution in [0.5, 0.6) is 0 Å². The zero-order chi connectivity index (χ0) is 29.8. The molecule has 3 aromatic rings. The largest absolute Gasteiger partial charge is 0.417 e. The van der Waals surface area contributed by atoms with E-state index in [9.17, 15) is 31.2 Å². The molecule has 0 bridgehead atoms. The van der Waals surface area contributed by atoms with Crippen LogP contribution in [0.15, 0.2) is 71.6 Å². The second-order valence-electron chi connectivity index (χ2n) is 9.28. The zero-order valence-electron chi connectivity index (χ0n) is 22.3. The van der Waals surface area contributed by atoms with E-state index in [0.717, 1.165) is 23.3 Å². The van der Waals surface area contributed by atoms with Crippen LogP contribution >= 0.6 is 11.6 Å². The maximum Gasteiger partial charge on any atom is 0.417 e. The number of nitrogens with one attached hydrogen (secondary N) is 1. The molecule has 12 heteroatoms. The van der Waals surface area contributed by atoms with Crippen LogP contribution in [0.2, 0.25) is 5.02 Å². The third kappa shape index (κ3) is 7.14. The highest BCUT2D eigenvalue weighted by molar-refractivity contribution is 7.92. The first-order valence-electron chi connectivity index (χ1n) is 12.2. The number of anilines is 1. The molecule has 214 valence electrons. The van der Waals surface area contributed by atoms with Crippen molar-refractivity contribution in [3.8, 4) is 0 Å². The number of benzene rings is 3. The second kappa shape index (κ2) is 12.3. The molecule has 0 aromatic heterocycles. The Morgan fingerprint density at radius 2 is 1.50 bits per heavy atom. The summed E-state index contributed by atoms with van der Waals surface area (Å²) in [5.41, 5.74) is 0.746. The van der Waals surface area contributed by atoms with Crippen LogP contribution in [-0.2, 0) is 32.3 Å². The number of alkyl halides is 3. The lowest BCUT2D eigenvalue weighted by Crippen LogP contribution is -2.50. The van der Waals surface area contributed by atoms with Crippen molar-refractivity contribution in [3.05, 3.63) is 94.0 Å². The number of rotatable bonds is 9. The van der Waals surface area contributed by atoms with Gasteiger partial charge in [-0.2, -0.15) is 13.2 Å². The molecule has 2 amide bonds. The SMILES string of the molecule is CNC(=O)C(C)N(Cc1ccc(C)cc1)C(=O)CN(c1ccc(Cl)c(C(F)(F)F)c1)S(=O)(=O)c1ccc(C)cc1. The molecule has 1 N–H and O–H groups in total. The van der Waals surface area contributed by atoms with Gasteiger partial charge in [0.15, 0.2) is 0 Å². The summed E-state index contributed by atoms with van der Waals surface area (Å²) in [6.45, 7) is 4.20. The molecule has 0 radical (unpaired) electrons. The smallest absolute Gasteiger partial charge is 0.357 e. The lowest BCUT2D eigenvalue weighted by atomic mass is 10.1. The second-order valence-corrected chi connectivity index (χ2v) is 11.6. The molecular weight excluding hydrogens is 567 g/mol. The molecule has 0 saturated carbocycles. The van der Waals surface area contributed by atoms with Crippen LogP contribution in [0.25, 0.3) is 0 Å². The topological polar surface area (TPSA) is 86.8 Å². The highest BCUT2D eigenvalue weighted by atomic mass is 35.5. The maximum atomic E-state index is 13.8. The third-order valence-electron chi connectivity index (χ3n) is 6.32. The van der Waals surface area contributed by atoms with Gasteiger partial charge >= 0.3 is 6.18 Å².